The van der Waals surface area contributed by atoms with Gasteiger partial charge in [0.2, 0.25) is 0 Å². The summed E-state index contributed by atoms with van der Waals surface area (Å²) < 4.78 is 0. The minimum atomic E-state index is 0.0189. The number of nitrogens with one attached hydrogen (secondary N) is 1. The molecule has 0 spiro atoms. The van der Waals surface area contributed by atoms with Gasteiger partial charge in [-0.1, -0.05) is 35.9 Å². The molecule has 0 aliphatic heterocycles. The van der Waals surface area contributed by atoms with Crippen molar-refractivity contribution in [1.82, 2.24) is 0 Å². The smallest absolute Gasteiger partial charge is 0.164 e. The van der Waals surface area contributed by atoms with Gasteiger partial charge in [0, 0.05) is 23.6 Å². The summed E-state index contributed by atoms with van der Waals surface area (Å²) in [7, 11) is 0. The van der Waals surface area contributed by atoms with Gasteiger partial charge in [-0.25, -0.2) is 0 Å². The summed E-state index contributed by atoms with van der Waals surface area (Å²) >= 11 is 5.84. The molecule has 2 aromatic carbocycles. The molecule has 0 unspecified atom stereocenters. The molecule has 0 saturated carbocycles. The van der Waals surface area contributed by atoms with Crippen LogP contribution in [-0.2, 0) is 0 Å². The van der Waals surface area contributed by atoms with Gasteiger partial charge >= 0.3 is 0 Å². The molecule has 2 N–H and O–H groups in total. The molecule has 0 bridgehead atoms. The number of carbonyl (C=O) groups excluding carboxylic acids is 1. The van der Waals surface area contributed by atoms with Gasteiger partial charge in [-0.2, -0.15) is 0 Å². The van der Waals surface area contributed by atoms with Crippen LogP contribution in [0.5, 0.6) is 5.75 Å². The van der Waals surface area contributed by atoms with Crippen LogP contribution < -0.4 is 5.32 Å². The van der Waals surface area contributed by atoms with Crippen LogP contribution in [0.15, 0.2) is 48.5 Å². The maximum Gasteiger partial charge on any atom is 0.164 e. The van der Waals surface area contributed by atoms with E-state index in [2.05, 4.69) is 5.32 Å². The molecule has 2 rings (SSSR count). The Kier molecular flexibility index (Phi) is 4.42. The molecule has 0 fully saturated rings. The topological polar surface area (TPSA) is 49.3 Å². The lowest BCUT2D eigenvalue weighted by molar-refractivity contribution is 0.0986. The second-order valence-electron chi connectivity index (χ2n) is 4.13. The molecule has 0 aliphatic rings. The van der Waals surface area contributed by atoms with E-state index in [1.807, 2.05) is 6.07 Å². The van der Waals surface area contributed by atoms with Crippen molar-refractivity contribution < 1.29 is 9.90 Å². The van der Waals surface area contributed by atoms with Gasteiger partial charge in [-0.3, -0.25) is 4.79 Å². The van der Waals surface area contributed by atoms with Gasteiger partial charge in [-0.15, -0.1) is 0 Å². The zero-order valence-electron chi connectivity index (χ0n) is 10.3. The predicted octanol–water partition coefficient (Wildman–Crippen LogP) is 3.73. The molecule has 3 nitrogen and oxygen atoms in total. The quantitative estimate of drug-likeness (QED) is 0.646. The number of phenolic OH excluding ortho intramolecular Hbond substituents is 1. The highest BCUT2D eigenvalue weighted by Gasteiger charge is 2.06. The Morgan fingerprint density at radius 1 is 1.16 bits per heavy atom. The summed E-state index contributed by atoms with van der Waals surface area (Å²) in [4.78, 5) is 11.9. The van der Waals surface area contributed by atoms with Crippen LogP contribution >= 0.6 is 11.6 Å². The average molecular weight is 276 g/mol. The molecule has 98 valence electrons. The SMILES string of the molecule is O=C(CCNc1ccccc1O)c1cccc(Cl)c1. The van der Waals surface area contributed by atoms with E-state index in [0.717, 1.165) is 0 Å². The Hall–Kier alpha value is -2.00. The Morgan fingerprint density at radius 2 is 1.95 bits per heavy atom. The highest BCUT2D eigenvalue weighted by Crippen LogP contribution is 2.21. The molecule has 19 heavy (non-hydrogen) atoms. The maximum atomic E-state index is 11.9. The Morgan fingerprint density at radius 3 is 2.68 bits per heavy atom. The minimum absolute atomic E-state index is 0.0189. The number of anilines is 1. The highest BCUT2D eigenvalue weighted by atomic mass is 35.5. The lowest BCUT2D eigenvalue weighted by Crippen LogP contribution is -2.08. The standard InChI is InChI=1S/C15H14ClNO2/c16-12-5-3-4-11(10-12)14(18)8-9-17-13-6-1-2-7-15(13)19/h1-7,10,17,19H,8-9H2. The number of hydrogen-bond donors (Lipinski definition) is 2. The van der Waals surface area contributed by atoms with E-state index in [1.165, 1.54) is 0 Å². The fourth-order valence-corrected chi connectivity index (χ4v) is 1.93. The minimum Gasteiger partial charge on any atom is -0.506 e. The van der Waals surface area contributed by atoms with Gasteiger partial charge in [-0.05, 0) is 24.3 Å². The first-order valence-electron chi connectivity index (χ1n) is 5.97. The lowest BCUT2D eigenvalue weighted by Gasteiger charge is -2.07. The molecular formula is C15H14ClNO2. The third-order valence-electron chi connectivity index (χ3n) is 2.72. The first-order chi connectivity index (χ1) is 9.16. The van der Waals surface area contributed by atoms with Crippen LogP contribution in [0.2, 0.25) is 5.02 Å². The Bertz CT molecular complexity index is 584. The van der Waals surface area contributed by atoms with Gasteiger partial charge in [0.05, 0.1) is 5.69 Å². The number of ketones is 1. The van der Waals surface area contributed by atoms with Crippen LogP contribution in [0.3, 0.4) is 0 Å². The number of Topliss-reactive ketones (excluding diaryl/α,β-unsaturated/α-hetero) is 1. The van der Waals surface area contributed by atoms with Crippen LogP contribution in [0.4, 0.5) is 5.69 Å². The van der Waals surface area contributed by atoms with E-state index in [4.69, 9.17) is 11.6 Å². The molecule has 0 atom stereocenters. The van der Waals surface area contributed by atoms with Gasteiger partial charge in [0.15, 0.2) is 5.78 Å². The summed E-state index contributed by atoms with van der Waals surface area (Å²) in [6, 6.07) is 13.8. The summed E-state index contributed by atoms with van der Waals surface area (Å²) in [5.74, 6) is 0.197. The van der Waals surface area contributed by atoms with Crippen molar-refractivity contribution in [2.24, 2.45) is 0 Å². The van der Waals surface area contributed by atoms with E-state index in [0.29, 0.717) is 29.2 Å². The van der Waals surface area contributed by atoms with Gasteiger partial charge in [0.25, 0.3) is 0 Å². The summed E-state index contributed by atoms with van der Waals surface area (Å²) in [5.41, 5.74) is 1.23. The van der Waals surface area contributed by atoms with Crippen LogP contribution in [0.25, 0.3) is 0 Å². The molecule has 4 heteroatoms. The van der Waals surface area contributed by atoms with Crippen molar-refractivity contribution in [1.29, 1.82) is 0 Å². The lowest BCUT2D eigenvalue weighted by atomic mass is 10.1. The monoisotopic (exact) mass is 275 g/mol. The first kappa shape index (κ1) is 13.4. The van der Waals surface area contributed by atoms with Crippen molar-refractivity contribution in [3.05, 3.63) is 59.1 Å². The van der Waals surface area contributed by atoms with Crippen molar-refractivity contribution in [3.8, 4) is 5.75 Å². The normalized spacial score (nSPS) is 10.2. The zero-order valence-corrected chi connectivity index (χ0v) is 11.0. The third-order valence-corrected chi connectivity index (χ3v) is 2.95. The molecule has 0 aliphatic carbocycles. The number of para-hydroxylation sites is 2. The Balaban J connectivity index is 1.90. The van der Waals surface area contributed by atoms with Crippen molar-refractivity contribution in [3.63, 3.8) is 0 Å². The molecule has 0 heterocycles. The average Bonchev–Trinajstić information content (AvgIpc) is 2.41. The van der Waals surface area contributed by atoms with Crippen molar-refractivity contribution in [2.45, 2.75) is 6.42 Å². The maximum absolute atomic E-state index is 11.9. The van der Waals surface area contributed by atoms with Crippen molar-refractivity contribution >= 4 is 23.1 Å². The molecule has 0 amide bonds. The number of rotatable bonds is 5. The molecule has 0 saturated heterocycles. The second kappa shape index (κ2) is 6.25. The van der Waals surface area contributed by atoms with Crippen LogP contribution in [0.1, 0.15) is 16.8 Å². The number of halogens is 1. The van der Waals surface area contributed by atoms with E-state index in [9.17, 15) is 9.90 Å². The number of aromatic hydroxyl groups is 1. The van der Waals surface area contributed by atoms with E-state index in [1.54, 1.807) is 42.5 Å². The fraction of sp³-hybridized carbons (Fsp3) is 0.133. The van der Waals surface area contributed by atoms with Crippen molar-refractivity contribution in [2.75, 3.05) is 11.9 Å². The van der Waals surface area contributed by atoms with E-state index < -0.39 is 0 Å². The van der Waals surface area contributed by atoms with E-state index in [-0.39, 0.29) is 11.5 Å². The molecule has 0 aromatic heterocycles. The number of carbonyl (C=O) groups is 1. The van der Waals surface area contributed by atoms with Crippen LogP contribution in [0, 0.1) is 0 Å². The van der Waals surface area contributed by atoms with Gasteiger partial charge in [0.1, 0.15) is 5.75 Å². The number of hydrogen-bond acceptors (Lipinski definition) is 3. The number of phenols is 1. The zero-order chi connectivity index (χ0) is 13.7. The molecule has 0 radical (unpaired) electrons. The summed E-state index contributed by atoms with van der Waals surface area (Å²) in [6.07, 6.45) is 0.342. The predicted molar refractivity (Wildman–Crippen MR) is 77.0 cm³/mol. The Labute approximate surface area is 116 Å². The van der Waals surface area contributed by atoms with Crippen LogP contribution in [-0.4, -0.2) is 17.4 Å². The summed E-state index contributed by atoms with van der Waals surface area (Å²) in [6.45, 7) is 0.461. The summed E-state index contributed by atoms with van der Waals surface area (Å²) in [5, 5.41) is 13.1. The first-order valence-corrected chi connectivity index (χ1v) is 6.35. The highest BCUT2D eigenvalue weighted by molar-refractivity contribution is 6.31. The third kappa shape index (κ3) is 3.73. The van der Waals surface area contributed by atoms with Gasteiger partial charge < -0.3 is 10.4 Å². The second-order valence-corrected chi connectivity index (χ2v) is 4.56. The fourth-order valence-electron chi connectivity index (χ4n) is 1.74. The van der Waals surface area contributed by atoms with E-state index >= 15 is 0 Å². The molecule has 2 aromatic rings. The number of benzene rings is 2. The largest absolute Gasteiger partial charge is 0.506 e. The molecular weight excluding hydrogens is 262 g/mol.